The number of unbranched alkanes of at least 4 members (excludes halogenated alkanes) is 32. The van der Waals surface area contributed by atoms with Crippen LogP contribution < -0.4 is 5.32 Å². The van der Waals surface area contributed by atoms with E-state index in [-0.39, 0.29) is 18.9 Å². The lowest BCUT2D eigenvalue weighted by Gasteiger charge is -2.48. The molecule has 17 unspecified atom stereocenters. The summed E-state index contributed by atoms with van der Waals surface area (Å²) in [5.41, 5.74) is 0. The molecule has 3 heterocycles. The van der Waals surface area contributed by atoms with E-state index < -0.39 is 124 Å². The van der Waals surface area contributed by atoms with E-state index in [4.69, 9.17) is 28.4 Å². The average molecular weight is 1310 g/mol. The number of carbonyl (C=O) groups is 1. The third-order valence-corrected chi connectivity index (χ3v) is 18.1. The summed E-state index contributed by atoms with van der Waals surface area (Å²) in [6.07, 6.45) is 40.4. The van der Waals surface area contributed by atoms with Gasteiger partial charge < -0.3 is 89.9 Å². The van der Waals surface area contributed by atoms with Crippen LogP contribution in [0, 0.1) is 0 Å². The second-order valence-corrected chi connectivity index (χ2v) is 26.0. The Labute approximate surface area is 554 Å². The molecule has 92 heavy (non-hydrogen) atoms. The van der Waals surface area contributed by atoms with Gasteiger partial charge in [-0.05, 0) is 57.8 Å². The highest BCUT2D eigenvalue weighted by atomic mass is 16.8. The zero-order chi connectivity index (χ0) is 66.8. The van der Waals surface area contributed by atoms with Gasteiger partial charge in [-0.1, -0.05) is 261 Å². The topological polar surface area (TPSA) is 307 Å². The van der Waals surface area contributed by atoms with Gasteiger partial charge in [-0.2, -0.15) is 0 Å². The van der Waals surface area contributed by atoms with E-state index in [1.54, 1.807) is 6.08 Å². The first-order chi connectivity index (χ1) is 44.8. The maximum atomic E-state index is 13.4. The molecule has 3 aliphatic rings. The zero-order valence-electron chi connectivity index (χ0n) is 56.8. The Bertz CT molecular complexity index is 1900. The molecule has 3 saturated heterocycles. The number of nitrogens with one attached hydrogen (secondary N) is 1. The van der Waals surface area contributed by atoms with Crippen molar-refractivity contribution < 1.29 is 89.4 Å². The molecule has 0 spiro atoms. The van der Waals surface area contributed by atoms with Crippen molar-refractivity contribution in [2.45, 2.75) is 369 Å². The second kappa shape index (κ2) is 54.5. The summed E-state index contributed by atoms with van der Waals surface area (Å²) in [5, 5.41) is 121. The van der Waals surface area contributed by atoms with E-state index in [0.29, 0.717) is 6.42 Å². The summed E-state index contributed by atoms with van der Waals surface area (Å²) in [6.45, 7) is 1.64. The summed E-state index contributed by atoms with van der Waals surface area (Å²) >= 11 is 0. The van der Waals surface area contributed by atoms with Crippen LogP contribution in [0.5, 0.6) is 0 Å². The number of hydrogen-bond acceptors (Lipinski definition) is 18. The Kier molecular flexibility index (Phi) is 49.6. The van der Waals surface area contributed by atoms with Crippen LogP contribution in [0.3, 0.4) is 0 Å². The van der Waals surface area contributed by atoms with Crippen molar-refractivity contribution in [2.75, 3.05) is 26.4 Å². The first-order valence-electron chi connectivity index (χ1n) is 36.5. The summed E-state index contributed by atoms with van der Waals surface area (Å²) < 4.78 is 34.4. The quantitative estimate of drug-likeness (QED) is 0.0199. The molecule has 536 valence electrons. The molecule has 19 heteroatoms. The van der Waals surface area contributed by atoms with Crippen LogP contribution in [-0.2, 0) is 33.2 Å². The highest BCUT2D eigenvalue weighted by Crippen LogP contribution is 2.33. The average Bonchev–Trinajstić information content (AvgIpc) is 0.838. The molecule has 3 aliphatic heterocycles. The third-order valence-electron chi connectivity index (χ3n) is 18.1. The van der Waals surface area contributed by atoms with E-state index in [0.717, 1.165) is 83.5 Å². The number of allylic oxidation sites excluding steroid dienone is 9. The van der Waals surface area contributed by atoms with Crippen molar-refractivity contribution in [3.8, 4) is 0 Å². The smallest absolute Gasteiger partial charge is 0.220 e. The monoisotopic (exact) mass is 1310 g/mol. The fourth-order valence-electron chi connectivity index (χ4n) is 12.2. The van der Waals surface area contributed by atoms with E-state index in [9.17, 15) is 61.0 Å². The number of rotatable bonds is 56. The number of carbonyl (C=O) groups excluding carboxylic acids is 1. The molecule has 3 fully saturated rings. The summed E-state index contributed by atoms with van der Waals surface area (Å²) in [4.78, 5) is 13.4. The van der Waals surface area contributed by atoms with E-state index in [1.807, 2.05) is 6.08 Å². The Morgan fingerprint density at radius 3 is 1.17 bits per heavy atom. The van der Waals surface area contributed by atoms with Crippen LogP contribution in [0.4, 0.5) is 0 Å². The summed E-state index contributed by atoms with van der Waals surface area (Å²) in [6, 6.07) is -0.979. The summed E-state index contributed by atoms with van der Waals surface area (Å²) in [5.74, 6) is -0.280. The molecule has 0 saturated carbocycles. The highest BCUT2D eigenvalue weighted by Gasteiger charge is 2.53. The first kappa shape index (κ1) is 83.7. The van der Waals surface area contributed by atoms with Gasteiger partial charge in [0.25, 0.3) is 0 Å². The van der Waals surface area contributed by atoms with Crippen LogP contribution >= 0.6 is 0 Å². The molecular weight excluding hydrogens is 1180 g/mol. The molecule has 19 nitrogen and oxygen atoms in total. The molecule has 3 rings (SSSR count). The highest BCUT2D eigenvalue weighted by molar-refractivity contribution is 5.76. The van der Waals surface area contributed by atoms with Gasteiger partial charge in [0.15, 0.2) is 18.9 Å². The van der Waals surface area contributed by atoms with Gasteiger partial charge in [-0.15, -0.1) is 0 Å². The van der Waals surface area contributed by atoms with Gasteiger partial charge in [0.2, 0.25) is 5.91 Å². The van der Waals surface area contributed by atoms with Crippen molar-refractivity contribution >= 4 is 5.91 Å². The zero-order valence-corrected chi connectivity index (χ0v) is 56.8. The number of ether oxygens (including phenoxy) is 6. The van der Waals surface area contributed by atoms with Crippen molar-refractivity contribution in [1.29, 1.82) is 0 Å². The Morgan fingerprint density at radius 1 is 0.402 bits per heavy atom. The third kappa shape index (κ3) is 35.7. The van der Waals surface area contributed by atoms with Crippen molar-refractivity contribution in [3.63, 3.8) is 0 Å². The van der Waals surface area contributed by atoms with Crippen molar-refractivity contribution in [2.24, 2.45) is 0 Å². The molecule has 1 amide bonds. The SMILES string of the molecule is CC/C=C\C/C=C\C/C=C\C/C=C\CCCCCCCCCCCCC(=O)NC(COC1OC(CO)C(OC2OC(CO)C(OC3OC(CO)C(O)C(O)C3O)C(O)C2O)C(O)C1O)C(O)/C=C/CCCCCCCCCCCCCCCCCCCCCCCC. The van der Waals surface area contributed by atoms with Gasteiger partial charge in [0, 0.05) is 6.42 Å². The molecule has 12 N–H and O–H groups in total. The number of hydrogen-bond donors (Lipinski definition) is 12. The van der Waals surface area contributed by atoms with Crippen LogP contribution in [-0.4, -0.2) is 193 Å². The van der Waals surface area contributed by atoms with Crippen LogP contribution in [0.15, 0.2) is 60.8 Å². The molecule has 0 radical (unpaired) electrons. The lowest BCUT2D eigenvalue weighted by atomic mass is 9.96. The van der Waals surface area contributed by atoms with Crippen molar-refractivity contribution in [1.82, 2.24) is 5.32 Å². The van der Waals surface area contributed by atoms with E-state index in [2.05, 4.69) is 67.8 Å². The predicted octanol–water partition coefficient (Wildman–Crippen LogP) is 10.3. The fourth-order valence-corrected chi connectivity index (χ4v) is 12.2. The lowest BCUT2D eigenvalue weighted by Crippen LogP contribution is -2.66. The minimum atomic E-state index is -1.98. The van der Waals surface area contributed by atoms with Crippen LogP contribution in [0.25, 0.3) is 0 Å². The standard InChI is InChI=1S/C73H131NO18/c1-3-5-7-9-11-13-15-17-19-21-23-25-27-29-30-32-34-36-38-40-42-44-46-48-50-57(78)56(74-61(79)51-49-47-45-43-41-39-37-35-33-31-28-26-24-22-20-18-16-14-12-10-8-6-4-2)55-87-71-67(85)64(82)69(59(53-76)89-71)92-73-68(86)65(83)70(60(54-77)90-73)91-72-66(84)63(81)62(80)58(52-75)88-72/h6,8,12,14,18,20,24,26,48,50,56-60,62-73,75-78,80-86H,3-5,7,9-11,13,15-17,19,21-23,25,27-47,49,51-55H2,1-2H3,(H,74,79)/b8-6-,14-12-,20-18-,26-24-,50-48+. The fraction of sp³-hybridized carbons (Fsp3) is 0.849. The van der Waals surface area contributed by atoms with E-state index >= 15 is 0 Å². The Balaban J connectivity index is 1.43. The second-order valence-electron chi connectivity index (χ2n) is 26.0. The minimum absolute atomic E-state index is 0.236. The number of amides is 1. The molecule has 0 aromatic carbocycles. The molecular formula is C73H131NO18. The predicted molar refractivity (Wildman–Crippen MR) is 360 cm³/mol. The largest absolute Gasteiger partial charge is 0.394 e. The van der Waals surface area contributed by atoms with Crippen LogP contribution in [0.1, 0.15) is 264 Å². The van der Waals surface area contributed by atoms with E-state index in [1.165, 1.54) is 154 Å². The maximum Gasteiger partial charge on any atom is 0.220 e. The molecule has 0 aromatic rings. The number of aliphatic hydroxyl groups excluding tert-OH is 11. The summed E-state index contributed by atoms with van der Waals surface area (Å²) in [7, 11) is 0. The van der Waals surface area contributed by atoms with Gasteiger partial charge in [-0.25, -0.2) is 0 Å². The van der Waals surface area contributed by atoms with Crippen LogP contribution in [0.2, 0.25) is 0 Å². The maximum absolute atomic E-state index is 13.4. The Morgan fingerprint density at radius 2 is 0.750 bits per heavy atom. The van der Waals surface area contributed by atoms with Gasteiger partial charge >= 0.3 is 0 Å². The molecule has 0 aromatic heterocycles. The normalized spacial score (nSPS) is 28.0. The number of aliphatic hydroxyl groups is 11. The first-order valence-corrected chi connectivity index (χ1v) is 36.5. The Hall–Kier alpha value is -2.51. The van der Waals surface area contributed by atoms with Crippen molar-refractivity contribution in [3.05, 3.63) is 60.8 Å². The van der Waals surface area contributed by atoms with Gasteiger partial charge in [0.1, 0.15) is 73.2 Å². The molecule has 0 bridgehead atoms. The van der Waals surface area contributed by atoms with Gasteiger partial charge in [-0.3, -0.25) is 4.79 Å². The molecule has 17 atom stereocenters. The minimum Gasteiger partial charge on any atom is -0.394 e. The molecule has 0 aliphatic carbocycles. The lowest BCUT2D eigenvalue weighted by molar-refractivity contribution is -0.379. The van der Waals surface area contributed by atoms with Gasteiger partial charge in [0.05, 0.1) is 38.6 Å².